The summed E-state index contributed by atoms with van der Waals surface area (Å²) >= 11 is 0. The highest BCUT2D eigenvalue weighted by Gasteiger charge is 2.52. The molecule has 496 valence electrons. The minimum Gasteiger partial charge on any atom is -1.00 e. The van der Waals surface area contributed by atoms with Crippen LogP contribution in [0, 0.1) is 71.0 Å². The predicted molar refractivity (Wildman–Crippen MR) is 360 cm³/mol. The number of aliphatic hydroxyl groups excluding tert-OH is 2. The summed E-state index contributed by atoms with van der Waals surface area (Å²) in [5, 5.41) is 55.8. The van der Waals surface area contributed by atoms with Crippen LogP contribution in [0.25, 0.3) is 0 Å². The van der Waals surface area contributed by atoms with Crippen LogP contribution in [0.15, 0.2) is 30.2 Å². The first-order valence-corrected chi connectivity index (χ1v) is 40.9. The van der Waals surface area contributed by atoms with E-state index in [0.29, 0.717) is 84.1 Å². The minimum atomic E-state index is -2.79. The van der Waals surface area contributed by atoms with Crippen molar-refractivity contribution in [2.24, 2.45) is 89.1 Å². The van der Waals surface area contributed by atoms with Gasteiger partial charge in [0.05, 0.1) is 0 Å². The Bertz CT molecular complexity index is 1880. The third kappa shape index (κ3) is 32.0. The molecule has 28 heteroatoms. The molecule has 0 saturated carbocycles. The molecule has 0 aliphatic carbocycles. The second-order valence-corrected chi connectivity index (χ2v) is 43.1. The minimum absolute atomic E-state index is 0. The average molecular weight is 1410 g/mol. The van der Waals surface area contributed by atoms with Crippen LogP contribution in [0.2, 0.25) is 0 Å². The molecular weight excluding hydrogens is 1280 g/mol. The molecule has 0 bridgehead atoms. The second-order valence-electron chi connectivity index (χ2n) is 26.6. The van der Waals surface area contributed by atoms with Crippen LogP contribution >= 0.6 is 45.0 Å². The zero-order valence-electron chi connectivity index (χ0n) is 57.0. The number of nitrogens with one attached hydrogen (secondary N) is 12. The van der Waals surface area contributed by atoms with Crippen molar-refractivity contribution >= 4 is 45.0 Å². The van der Waals surface area contributed by atoms with E-state index in [2.05, 4.69) is 248 Å². The van der Waals surface area contributed by atoms with Gasteiger partial charge in [0.15, 0.2) is 15.0 Å². The van der Waals surface area contributed by atoms with E-state index in [9.17, 15) is 0 Å². The second kappa shape index (κ2) is 44.1. The van der Waals surface area contributed by atoms with Crippen LogP contribution in [0.1, 0.15) is 166 Å². The fourth-order valence-corrected chi connectivity index (χ4v) is 36.4. The summed E-state index contributed by atoms with van der Waals surface area (Å²) in [7, 11) is -14.6. The van der Waals surface area contributed by atoms with E-state index in [4.69, 9.17) is 28.3 Å². The summed E-state index contributed by atoms with van der Waals surface area (Å²) in [5.74, 6) is 4.88. The van der Waals surface area contributed by atoms with E-state index in [1.165, 1.54) is 0 Å². The normalized spacial score (nSPS) is 20.5. The molecule has 2 atom stereocenters. The summed E-state index contributed by atoms with van der Waals surface area (Å²) in [4.78, 5) is 0. The van der Waals surface area contributed by atoms with Gasteiger partial charge in [0.1, 0.15) is 13.1 Å². The molecule has 0 saturated heterocycles. The quantitative estimate of drug-likeness (QED) is 0.0288. The first kappa shape index (κ1) is 87.7. The Morgan fingerprint density at radius 1 is 0.305 bits per heavy atom. The van der Waals surface area contributed by atoms with Gasteiger partial charge in [-0.3, -0.25) is 40.7 Å². The number of nitrogens with zero attached hydrogens (tertiary/aromatic N) is 6. The van der Waals surface area contributed by atoms with Gasteiger partial charge >= 0.3 is 15.0 Å². The summed E-state index contributed by atoms with van der Waals surface area (Å²) in [6.45, 7) is 66.3. The van der Waals surface area contributed by atoms with Crippen molar-refractivity contribution in [3.8, 4) is 0 Å². The van der Waals surface area contributed by atoms with E-state index >= 15 is 0 Å². The maximum Gasteiger partial charge on any atom is 0.361 e. The van der Waals surface area contributed by atoms with Crippen LogP contribution < -0.4 is 94.3 Å². The molecule has 2 rings (SSSR count). The molecule has 2 aliphatic rings. The topological polar surface area (TPSA) is 245 Å². The fourth-order valence-electron chi connectivity index (χ4n) is 7.37. The lowest BCUT2D eigenvalue weighted by Crippen LogP contribution is -3.00. The lowest BCUT2D eigenvalue weighted by atomic mass is 10.2. The Labute approximate surface area is 528 Å². The van der Waals surface area contributed by atoms with Gasteiger partial charge in [0.25, 0.3) is 0 Å². The maximum absolute atomic E-state index is 7.00. The SMILES string of the molecule is CC(C)CNP1(NCC(C)C)=N[P@@](NCC(C)C)(=[NH+]CC(C)C)N(C/C=C/CN2P(NCC(C)C)(NCC(C)C)=NP(NCC(C)C)(NCC(C)C)=N[P@@]2(NCC(C)C)=[NH+]CC(C)C)P(NCC(C)C)(NCC(C)C)=N1.CO.CO.[Br-].[Br-]. The molecule has 0 fully saturated rings. The molecule has 0 radical (unpaired) electrons. The summed E-state index contributed by atoms with van der Waals surface area (Å²) in [6, 6.07) is 0. The van der Waals surface area contributed by atoms with Gasteiger partial charge in [0, 0.05) is 105 Å². The average Bonchev–Trinajstić information content (AvgIpc) is 3.37. The third-order valence-corrected chi connectivity index (χ3v) is 33.9. The number of rotatable bonds is 38. The van der Waals surface area contributed by atoms with Gasteiger partial charge in [-0.2, -0.15) is 9.03 Å². The van der Waals surface area contributed by atoms with Crippen molar-refractivity contribution in [1.29, 1.82) is 0 Å². The third-order valence-electron chi connectivity index (χ3n) is 11.7. The Morgan fingerprint density at radius 2 is 0.500 bits per heavy atom. The van der Waals surface area contributed by atoms with E-state index in [0.717, 1.165) is 92.8 Å². The molecule has 14 N–H and O–H groups in total. The molecule has 0 spiro atoms. The van der Waals surface area contributed by atoms with Crippen LogP contribution in [-0.4, -0.2) is 125 Å². The standard InChI is InChI=1S/C52H124N18P6.2CH4O.2BrH/c1-41(2)29-53-71(54-30-42(3)4)65-73(57-33-45(9)10,58-34-46(11)12)69(74(66-71,59-35-47(13)14)60-36-48(15)16)27-25-26-28-70-75(61-37-49(17)18,62-38-50(19)20)67-72(55-31-43(5)6,56-32-44(7)8)68-76(70,63-39-51(21)22)64-40-52(23)24;2*1-2;;/h25-26,41-58,61-62H,27-40H2,1-24H3,(H,59,60)(H,63,64);2*2H,1H3;2*1H/b26-25+;;;;. The fraction of sp³-hybridized carbons (Fsp3) is 0.963. The monoisotopic (exact) mass is 1410 g/mol. The molecule has 82 heavy (non-hydrogen) atoms. The van der Waals surface area contributed by atoms with Gasteiger partial charge < -0.3 is 44.2 Å². The number of halogens is 2. The summed E-state index contributed by atoms with van der Waals surface area (Å²) in [5.41, 5.74) is 0. The first-order chi connectivity index (χ1) is 37.3. The van der Waals surface area contributed by atoms with E-state index < -0.39 is 45.0 Å². The molecule has 20 nitrogen and oxygen atoms in total. The molecule has 2 aliphatic heterocycles. The lowest BCUT2D eigenvalue weighted by Gasteiger charge is -2.46. The van der Waals surface area contributed by atoms with Crippen molar-refractivity contribution in [3.05, 3.63) is 12.2 Å². The highest BCUT2D eigenvalue weighted by molar-refractivity contribution is 7.85. The van der Waals surface area contributed by atoms with Crippen LogP contribution in [-0.2, 0) is 0 Å². The molecule has 0 aromatic rings. The van der Waals surface area contributed by atoms with E-state index in [1.54, 1.807) is 0 Å². The molecule has 2 heterocycles. The summed E-state index contributed by atoms with van der Waals surface area (Å²) < 4.78 is 38.6. The number of hydrogen-bond donors (Lipinski definition) is 14. The Kier molecular flexibility index (Phi) is 47.2. The highest BCUT2D eigenvalue weighted by Crippen LogP contribution is 2.75. The van der Waals surface area contributed by atoms with Gasteiger partial charge in [-0.25, -0.2) is 19.7 Å². The number of aliphatic hydroxyl groups is 2. The van der Waals surface area contributed by atoms with Crippen molar-refractivity contribution in [3.63, 3.8) is 0 Å². The Hall–Kier alpha value is 1.52. The van der Waals surface area contributed by atoms with E-state index in [-0.39, 0.29) is 34.0 Å². The molecule has 0 unspecified atom stereocenters. The largest absolute Gasteiger partial charge is 1.00 e. The molecular formula is C54H134Br2N18O2P6. The van der Waals surface area contributed by atoms with Crippen LogP contribution in [0.4, 0.5) is 0 Å². The lowest BCUT2D eigenvalue weighted by molar-refractivity contribution is -0.447. The summed E-state index contributed by atoms with van der Waals surface area (Å²) in [6.07, 6.45) is 4.85. The van der Waals surface area contributed by atoms with Crippen molar-refractivity contribution in [2.75, 3.05) is 106 Å². The number of hydrogen-bond acceptors (Lipinski definition) is 12. The zero-order chi connectivity index (χ0) is 61.7. The van der Waals surface area contributed by atoms with Gasteiger partial charge in [-0.05, 0) is 59.2 Å². The molecule has 0 aromatic heterocycles. The zero-order valence-corrected chi connectivity index (χ0v) is 65.5. The van der Waals surface area contributed by atoms with E-state index in [1.807, 2.05) is 0 Å². The van der Waals surface area contributed by atoms with Crippen LogP contribution in [0.3, 0.4) is 0 Å². The van der Waals surface area contributed by atoms with Crippen molar-refractivity contribution < 1.29 is 53.7 Å². The van der Waals surface area contributed by atoms with Crippen molar-refractivity contribution in [2.45, 2.75) is 166 Å². The van der Waals surface area contributed by atoms with Gasteiger partial charge in [-0.1, -0.05) is 178 Å². The van der Waals surface area contributed by atoms with Crippen molar-refractivity contribution in [1.82, 2.24) is 59.8 Å². The predicted octanol–water partition coefficient (Wildman–Crippen LogP) is 5.01. The highest BCUT2D eigenvalue weighted by atomic mass is 79.9. The Morgan fingerprint density at radius 3 is 0.695 bits per heavy atom. The first-order valence-electron chi connectivity index (χ1n) is 30.8. The maximum atomic E-state index is 7.00. The molecule has 0 amide bonds. The van der Waals surface area contributed by atoms with Crippen LogP contribution in [0.5, 0.6) is 0 Å². The smallest absolute Gasteiger partial charge is 0.361 e. The van der Waals surface area contributed by atoms with Gasteiger partial charge in [-0.15, -0.1) is 17.9 Å². The molecule has 0 aromatic carbocycles. The Balaban J connectivity index is -0.0000102. The van der Waals surface area contributed by atoms with Gasteiger partial charge in [0.2, 0.25) is 15.0 Å².